The maximum atomic E-state index is 8.94. The molecule has 1 unspecified atom stereocenters. The van der Waals surface area contributed by atoms with Gasteiger partial charge in [-0.1, -0.05) is 0 Å². The molecule has 0 aliphatic rings. The van der Waals surface area contributed by atoms with Crippen molar-refractivity contribution in [2.24, 2.45) is 5.73 Å². The number of nitrogens with two attached hydrogens (primary N) is 1. The lowest BCUT2D eigenvalue weighted by Gasteiger charge is -2.17. The fraction of sp³-hybridized carbons (Fsp3) is 1.00. The Morgan fingerprint density at radius 1 is 1.55 bits per heavy atom. The molecule has 68 valence electrons. The van der Waals surface area contributed by atoms with E-state index in [9.17, 15) is 0 Å². The normalized spacial score (nSPS) is 15.0. The molecule has 11 heavy (non-hydrogen) atoms. The van der Waals surface area contributed by atoms with Crippen LogP contribution in [0.1, 0.15) is 27.2 Å². The highest BCUT2D eigenvalue weighted by Gasteiger charge is 2.09. The van der Waals surface area contributed by atoms with E-state index < -0.39 is 0 Å². The minimum atomic E-state index is -0.177. The van der Waals surface area contributed by atoms with Crippen molar-refractivity contribution in [1.29, 1.82) is 0 Å². The van der Waals surface area contributed by atoms with Gasteiger partial charge in [-0.05, 0) is 32.9 Å². The maximum absolute atomic E-state index is 8.94. The first kappa shape index (κ1) is 11.3. The van der Waals surface area contributed by atoms with Gasteiger partial charge in [0.25, 0.3) is 0 Å². The first-order valence-electron chi connectivity index (χ1n) is 3.96. The van der Waals surface area contributed by atoms with Crippen molar-refractivity contribution < 1.29 is 5.11 Å². The predicted octanol–water partition coefficient (Wildman–Crippen LogP) is 1.23. The van der Waals surface area contributed by atoms with Gasteiger partial charge in [-0.25, -0.2) is 0 Å². The molecular formula is C8H19NOS. The number of aliphatic hydroxyl groups excluding tert-OH is 1. The molecule has 0 spiro atoms. The van der Waals surface area contributed by atoms with E-state index >= 15 is 0 Å². The lowest BCUT2D eigenvalue weighted by atomic mass is 10.1. The Hall–Kier alpha value is 0.270. The van der Waals surface area contributed by atoms with Crippen LogP contribution in [-0.2, 0) is 0 Å². The molecule has 0 fully saturated rings. The van der Waals surface area contributed by atoms with Gasteiger partial charge in [-0.15, -0.1) is 0 Å². The standard InChI is InChI=1S/C8H19NOS/c1-7(10)4-5-11-6-8(2,3)9/h7,10H,4-6,9H2,1-3H3. The van der Waals surface area contributed by atoms with Crippen molar-refractivity contribution in [2.75, 3.05) is 11.5 Å². The molecule has 0 saturated heterocycles. The number of thioether (sulfide) groups is 1. The van der Waals surface area contributed by atoms with Crippen molar-refractivity contribution in [3.8, 4) is 0 Å². The molecule has 0 saturated carbocycles. The van der Waals surface area contributed by atoms with E-state index in [1.165, 1.54) is 0 Å². The average Bonchev–Trinajstić information content (AvgIpc) is 1.78. The number of rotatable bonds is 5. The third-order valence-electron chi connectivity index (χ3n) is 1.15. The summed E-state index contributed by atoms with van der Waals surface area (Å²) in [5, 5.41) is 8.94. The van der Waals surface area contributed by atoms with Crippen molar-refractivity contribution >= 4 is 11.8 Å². The summed E-state index contributed by atoms with van der Waals surface area (Å²) in [5.74, 6) is 1.96. The Labute approximate surface area is 73.6 Å². The van der Waals surface area contributed by atoms with Crippen LogP contribution < -0.4 is 5.73 Å². The molecule has 0 radical (unpaired) electrons. The molecule has 0 aromatic rings. The van der Waals surface area contributed by atoms with E-state index in [0.717, 1.165) is 17.9 Å². The molecule has 1 atom stereocenters. The second-order valence-corrected chi connectivity index (χ2v) is 4.78. The minimum absolute atomic E-state index is 0.0800. The van der Waals surface area contributed by atoms with Gasteiger partial charge in [0.1, 0.15) is 0 Å². The third-order valence-corrected chi connectivity index (χ3v) is 2.63. The molecule has 0 heterocycles. The van der Waals surface area contributed by atoms with E-state index in [0.29, 0.717) is 0 Å². The van der Waals surface area contributed by atoms with Gasteiger partial charge in [0.15, 0.2) is 0 Å². The molecule has 0 rings (SSSR count). The average molecular weight is 177 g/mol. The van der Waals surface area contributed by atoms with Crippen LogP contribution in [0.4, 0.5) is 0 Å². The second kappa shape index (κ2) is 5.01. The first-order chi connectivity index (χ1) is 4.92. The molecule has 2 nitrogen and oxygen atoms in total. The Balaban J connectivity index is 3.15. The maximum Gasteiger partial charge on any atom is 0.0520 e. The van der Waals surface area contributed by atoms with Gasteiger partial charge in [0.2, 0.25) is 0 Å². The molecule has 0 aromatic heterocycles. The monoisotopic (exact) mass is 177 g/mol. The SMILES string of the molecule is CC(O)CCSCC(C)(C)N. The molecular weight excluding hydrogens is 158 g/mol. The quantitative estimate of drug-likeness (QED) is 0.621. The van der Waals surface area contributed by atoms with Crippen molar-refractivity contribution in [3.05, 3.63) is 0 Å². The summed E-state index contributed by atoms with van der Waals surface area (Å²) in [6.45, 7) is 5.85. The zero-order chi connectivity index (χ0) is 8.91. The number of aliphatic hydroxyl groups is 1. The third kappa shape index (κ3) is 10.3. The summed E-state index contributed by atoms with van der Waals surface area (Å²) in [6, 6.07) is 0. The fourth-order valence-electron chi connectivity index (χ4n) is 0.589. The van der Waals surface area contributed by atoms with Crippen molar-refractivity contribution in [3.63, 3.8) is 0 Å². The van der Waals surface area contributed by atoms with Crippen LogP contribution in [0.2, 0.25) is 0 Å². The van der Waals surface area contributed by atoms with Crippen molar-refractivity contribution in [2.45, 2.75) is 38.8 Å². The van der Waals surface area contributed by atoms with Crippen molar-refractivity contribution in [1.82, 2.24) is 0 Å². The Bertz CT molecular complexity index is 98.8. The van der Waals surface area contributed by atoms with Crippen LogP contribution in [0.15, 0.2) is 0 Å². The smallest absolute Gasteiger partial charge is 0.0520 e. The van der Waals surface area contributed by atoms with Gasteiger partial charge in [0.05, 0.1) is 6.10 Å². The summed E-state index contributed by atoms with van der Waals surface area (Å²) in [5.41, 5.74) is 5.69. The van der Waals surface area contributed by atoms with E-state index in [1.807, 2.05) is 20.8 Å². The van der Waals surface area contributed by atoms with Gasteiger partial charge >= 0.3 is 0 Å². The van der Waals surface area contributed by atoms with Crippen LogP contribution in [0.3, 0.4) is 0 Å². The largest absolute Gasteiger partial charge is 0.393 e. The second-order valence-electron chi connectivity index (χ2n) is 3.68. The summed E-state index contributed by atoms with van der Waals surface area (Å²) in [4.78, 5) is 0. The topological polar surface area (TPSA) is 46.2 Å². The molecule has 0 aliphatic carbocycles. The zero-order valence-corrected chi connectivity index (χ0v) is 8.45. The van der Waals surface area contributed by atoms with E-state index in [4.69, 9.17) is 10.8 Å². The van der Waals surface area contributed by atoms with Gasteiger partial charge < -0.3 is 10.8 Å². The van der Waals surface area contributed by atoms with Crippen LogP contribution in [0.25, 0.3) is 0 Å². The summed E-state index contributed by atoms with van der Waals surface area (Å²) >= 11 is 1.80. The highest BCUT2D eigenvalue weighted by Crippen LogP contribution is 2.11. The molecule has 0 amide bonds. The van der Waals surface area contributed by atoms with Gasteiger partial charge in [-0.3, -0.25) is 0 Å². The summed E-state index contributed by atoms with van der Waals surface area (Å²) in [6.07, 6.45) is 0.684. The first-order valence-corrected chi connectivity index (χ1v) is 5.12. The fourth-order valence-corrected chi connectivity index (χ4v) is 1.77. The van der Waals surface area contributed by atoms with Crippen LogP contribution >= 0.6 is 11.8 Å². The van der Waals surface area contributed by atoms with Crippen LogP contribution in [0.5, 0.6) is 0 Å². The Kier molecular flexibility index (Phi) is 5.13. The predicted molar refractivity (Wildman–Crippen MR) is 51.9 cm³/mol. The summed E-state index contributed by atoms with van der Waals surface area (Å²) in [7, 11) is 0. The van der Waals surface area contributed by atoms with E-state index in [1.54, 1.807) is 11.8 Å². The van der Waals surface area contributed by atoms with Gasteiger partial charge in [-0.2, -0.15) is 11.8 Å². The minimum Gasteiger partial charge on any atom is -0.393 e. The lowest BCUT2D eigenvalue weighted by Crippen LogP contribution is -2.34. The van der Waals surface area contributed by atoms with E-state index in [2.05, 4.69) is 0 Å². The van der Waals surface area contributed by atoms with E-state index in [-0.39, 0.29) is 11.6 Å². The molecule has 0 aliphatic heterocycles. The lowest BCUT2D eigenvalue weighted by molar-refractivity contribution is 0.192. The molecule has 0 bridgehead atoms. The highest BCUT2D eigenvalue weighted by molar-refractivity contribution is 7.99. The summed E-state index contributed by atoms with van der Waals surface area (Å²) < 4.78 is 0. The number of hydrogen-bond acceptors (Lipinski definition) is 3. The van der Waals surface area contributed by atoms with Crippen LogP contribution in [-0.4, -0.2) is 28.3 Å². The highest BCUT2D eigenvalue weighted by atomic mass is 32.2. The zero-order valence-electron chi connectivity index (χ0n) is 7.63. The Morgan fingerprint density at radius 2 is 2.09 bits per heavy atom. The molecule has 3 heteroatoms. The Morgan fingerprint density at radius 3 is 2.45 bits per heavy atom. The molecule has 0 aromatic carbocycles. The number of hydrogen-bond donors (Lipinski definition) is 2. The van der Waals surface area contributed by atoms with Gasteiger partial charge in [0, 0.05) is 11.3 Å². The molecule has 3 N–H and O–H groups in total. The van der Waals surface area contributed by atoms with Crippen LogP contribution in [0, 0.1) is 0 Å².